The fourth-order valence-corrected chi connectivity index (χ4v) is 2.69. The number of carbonyl (C=O) groups excluding carboxylic acids is 1. The predicted octanol–water partition coefficient (Wildman–Crippen LogP) is 5.37. The molecule has 0 fully saturated rings. The Hall–Kier alpha value is -2.87. The van der Waals surface area contributed by atoms with Crippen LogP contribution in [0.1, 0.15) is 21.2 Å². The second kappa shape index (κ2) is 7.57. The maximum atomic E-state index is 13.5. The van der Waals surface area contributed by atoms with Crippen molar-refractivity contribution in [2.45, 2.75) is 6.61 Å². The average molecular weight is 382 g/mol. The molecule has 3 aromatic rings. The Balaban J connectivity index is 1.67. The number of halogens is 4. The maximum absolute atomic E-state index is 13.5. The highest BCUT2D eigenvalue weighted by Gasteiger charge is 2.21. The second-order valence-corrected chi connectivity index (χ2v) is 6.01. The van der Waals surface area contributed by atoms with Crippen LogP contribution in [0, 0.1) is 23.3 Å². The van der Waals surface area contributed by atoms with Crippen LogP contribution in [-0.2, 0) is 6.61 Å². The summed E-state index contributed by atoms with van der Waals surface area (Å²) in [6.45, 7) is -0.455. The van der Waals surface area contributed by atoms with Gasteiger partial charge in [0.25, 0.3) is 0 Å². The van der Waals surface area contributed by atoms with E-state index < -0.39 is 35.6 Å². The third kappa shape index (κ3) is 3.85. The van der Waals surface area contributed by atoms with Crippen LogP contribution in [0.3, 0.4) is 0 Å². The lowest BCUT2D eigenvalue weighted by Crippen LogP contribution is -2.03. The van der Waals surface area contributed by atoms with Gasteiger partial charge in [-0.25, -0.2) is 8.78 Å². The molecule has 0 N–H and O–H groups in total. The highest BCUT2D eigenvalue weighted by molar-refractivity contribution is 7.12. The highest BCUT2D eigenvalue weighted by atomic mass is 32.1. The van der Waals surface area contributed by atoms with Crippen LogP contribution < -0.4 is 4.74 Å². The lowest BCUT2D eigenvalue weighted by molar-refractivity contribution is 0.105. The summed E-state index contributed by atoms with van der Waals surface area (Å²) in [4.78, 5) is 12.4. The number of allylic oxidation sites excluding steroid dienone is 1. The van der Waals surface area contributed by atoms with Crippen LogP contribution in [0.2, 0.25) is 0 Å². The number of benzene rings is 1. The van der Waals surface area contributed by atoms with E-state index in [9.17, 15) is 22.4 Å². The normalized spacial score (nSPS) is 11.2. The van der Waals surface area contributed by atoms with E-state index in [1.54, 1.807) is 17.5 Å². The molecule has 0 radical (unpaired) electrons. The molecule has 0 saturated heterocycles. The third-order valence-corrected chi connectivity index (χ3v) is 4.16. The standard InChI is InChI=1S/C18H10F4O3S/c19-12-8-13(20)17(22)18(16(12)21)24-9-11-4-3-10(25-11)5-6-14(23)15-2-1-7-26-15/h1-8H,9H2/b6-5+. The van der Waals surface area contributed by atoms with Crippen LogP contribution >= 0.6 is 11.3 Å². The van der Waals surface area contributed by atoms with Crippen LogP contribution in [0.25, 0.3) is 6.08 Å². The van der Waals surface area contributed by atoms with E-state index in [0.29, 0.717) is 10.6 Å². The van der Waals surface area contributed by atoms with Crippen LogP contribution in [0.15, 0.2) is 46.2 Å². The van der Waals surface area contributed by atoms with Crippen molar-refractivity contribution in [3.8, 4) is 5.75 Å². The molecule has 26 heavy (non-hydrogen) atoms. The summed E-state index contributed by atoms with van der Waals surface area (Å²) in [6.07, 6.45) is 2.74. The Labute approximate surface area is 149 Å². The lowest BCUT2D eigenvalue weighted by atomic mass is 10.3. The van der Waals surface area contributed by atoms with Gasteiger partial charge >= 0.3 is 0 Å². The van der Waals surface area contributed by atoms with E-state index >= 15 is 0 Å². The molecule has 0 bridgehead atoms. The van der Waals surface area contributed by atoms with Crippen LogP contribution in [0.5, 0.6) is 5.75 Å². The summed E-state index contributed by atoms with van der Waals surface area (Å²) in [7, 11) is 0. The van der Waals surface area contributed by atoms with Gasteiger partial charge in [0.15, 0.2) is 23.2 Å². The van der Waals surface area contributed by atoms with Crippen molar-refractivity contribution in [2.24, 2.45) is 0 Å². The molecule has 0 unspecified atom stereocenters. The molecule has 0 amide bonds. The Morgan fingerprint density at radius 3 is 2.50 bits per heavy atom. The fourth-order valence-electron chi connectivity index (χ4n) is 2.04. The first-order chi connectivity index (χ1) is 12.5. The summed E-state index contributed by atoms with van der Waals surface area (Å²) in [5.74, 6) is -7.29. The van der Waals surface area contributed by atoms with Gasteiger partial charge in [-0.2, -0.15) is 8.78 Å². The number of ether oxygens (including phenoxy) is 1. The third-order valence-electron chi connectivity index (χ3n) is 3.28. The highest BCUT2D eigenvalue weighted by Crippen LogP contribution is 2.27. The van der Waals surface area contributed by atoms with Crippen molar-refractivity contribution in [2.75, 3.05) is 0 Å². The Morgan fingerprint density at radius 2 is 1.85 bits per heavy atom. The van der Waals surface area contributed by atoms with E-state index in [-0.39, 0.29) is 17.6 Å². The number of hydrogen-bond acceptors (Lipinski definition) is 4. The first kappa shape index (κ1) is 17.9. The van der Waals surface area contributed by atoms with Gasteiger partial charge in [0.1, 0.15) is 18.1 Å². The lowest BCUT2D eigenvalue weighted by Gasteiger charge is -2.08. The molecular weight excluding hydrogens is 372 g/mol. The van der Waals surface area contributed by atoms with Gasteiger partial charge in [0.2, 0.25) is 11.6 Å². The van der Waals surface area contributed by atoms with E-state index in [0.717, 1.165) is 0 Å². The summed E-state index contributed by atoms with van der Waals surface area (Å²) in [5, 5.41) is 1.77. The van der Waals surface area contributed by atoms with Gasteiger partial charge in [-0.1, -0.05) is 6.07 Å². The van der Waals surface area contributed by atoms with Crippen LogP contribution in [-0.4, -0.2) is 5.78 Å². The number of hydrogen-bond donors (Lipinski definition) is 0. The Kier molecular flexibility index (Phi) is 5.22. The number of thiophene rings is 1. The van der Waals surface area contributed by atoms with Gasteiger partial charge in [0, 0.05) is 6.07 Å². The van der Waals surface area contributed by atoms with Crippen molar-refractivity contribution in [1.82, 2.24) is 0 Å². The largest absolute Gasteiger partial charge is 0.479 e. The maximum Gasteiger partial charge on any atom is 0.203 e. The predicted molar refractivity (Wildman–Crippen MR) is 87.0 cm³/mol. The van der Waals surface area contributed by atoms with Crippen molar-refractivity contribution < 1.29 is 31.5 Å². The van der Waals surface area contributed by atoms with Crippen molar-refractivity contribution in [3.63, 3.8) is 0 Å². The summed E-state index contributed by atoms with van der Waals surface area (Å²) < 4.78 is 63.4. The first-order valence-electron chi connectivity index (χ1n) is 7.26. The summed E-state index contributed by atoms with van der Waals surface area (Å²) >= 11 is 1.30. The Bertz CT molecular complexity index is 935. The number of furan rings is 1. The van der Waals surface area contributed by atoms with E-state index in [1.165, 1.54) is 35.6 Å². The number of ketones is 1. The van der Waals surface area contributed by atoms with Crippen molar-refractivity contribution >= 4 is 23.2 Å². The molecule has 8 heteroatoms. The molecule has 0 spiro atoms. The zero-order valence-electron chi connectivity index (χ0n) is 13.0. The monoisotopic (exact) mass is 382 g/mol. The van der Waals surface area contributed by atoms with Crippen molar-refractivity contribution in [3.05, 3.63) is 81.5 Å². The first-order valence-corrected chi connectivity index (χ1v) is 8.14. The zero-order valence-corrected chi connectivity index (χ0v) is 13.8. The Morgan fingerprint density at radius 1 is 1.12 bits per heavy atom. The molecule has 0 saturated carbocycles. The quantitative estimate of drug-likeness (QED) is 0.249. The minimum atomic E-state index is -1.63. The smallest absolute Gasteiger partial charge is 0.203 e. The number of carbonyl (C=O) groups is 1. The summed E-state index contributed by atoms with van der Waals surface area (Å²) in [5.41, 5.74) is 0. The molecular formula is C18H10F4O3S. The summed E-state index contributed by atoms with van der Waals surface area (Å²) in [6, 6.07) is 6.48. The zero-order chi connectivity index (χ0) is 18.7. The van der Waals surface area contributed by atoms with E-state index in [1.807, 2.05) is 0 Å². The van der Waals surface area contributed by atoms with Gasteiger partial charge < -0.3 is 9.15 Å². The molecule has 0 aliphatic heterocycles. The topological polar surface area (TPSA) is 39.4 Å². The van der Waals surface area contributed by atoms with Crippen LogP contribution in [0.4, 0.5) is 17.6 Å². The van der Waals surface area contributed by atoms with Crippen molar-refractivity contribution in [1.29, 1.82) is 0 Å². The molecule has 2 aromatic heterocycles. The van der Waals surface area contributed by atoms with Gasteiger partial charge in [-0.3, -0.25) is 4.79 Å². The molecule has 134 valence electrons. The SMILES string of the molecule is O=C(/C=C/c1ccc(COc2c(F)c(F)cc(F)c2F)o1)c1cccs1. The molecule has 3 rings (SSSR count). The average Bonchev–Trinajstić information content (AvgIpc) is 3.30. The molecule has 1 aromatic carbocycles. The molecule has 0 aliphatic rings. The molecule has 0 aliphatic carbocycles. The van der Waals surface area contributed by atoms with Gasteiger partial charge in [-0.05, 0) is 35.7 Å². The molecule has 0 atom stereocenters. The molecule has 3 nitrogen and oxygen atoms in total. The van der Waals surface area contributed by atoms with E-state index in [4.69, 9.17) is 9.15 Å². The van der Waals surface area contributed by atoms with E-state index in [2.05, 4.69) is 0 Å². The minimum Gasteiger partial charge on any atom is -0.479 e. The molecule has 2 heterocycles. The fraction of sp³-hybridized carbons (Fsp3) is 0.0556. The minimum absolute atomic E-state index is 0.0952. The van der Waals surface area contributed by atoms with Gasteiger partial charge in [-0.15, -0.1) is 11.3 Å². The van der Waals surface area contributed by atoms with Gasteiger partial charge in [0.05, 0.1) is 4.88 Å². The second-order valence-electron chi connectivity index (χ2n) is 5.06. The number of rotatable bonds is 6.